The van der Waals surface area contributed by atoms with Crippen LogP contribution >= 0.6 is 0 Å². The van der Waals surface area contributed by atoms with Crippen LogP contribution in [0.4, 0.5) is 0 Å². The van der Waals surface area contributed by atoms with E-state index in [0.29, 0.717) is 6.42 Å². The Labute approximate surface area is 153 Å². The predicted molar refractivity (Wildman–Crippen MR) is 65.2 cm³/mol. The normalized spacial score (nSPS) is 11.4. The smallest absolute Gasteiger partial charge is 0.548 e. The van der Waals surface area contributed by atoms with Crippen molar-refractivity contribution in [1.82, 2.24) is 5.32 Å². The average molecular weight is 281 g/mol. The largest absolute Gasteiger partial charge is 1.00 e. The van der Waals surface area contributed by atoms with Crippen LogP contribution in [-0.2, 0) is 9.59 Å². The van der Waals surface area contributed by atoms with Crippen molar-refractivity contribution in [3.05, 3.63) is 0 Å². The Morgan fingerprint density at radius 3 is 2.06 bits per heavy atom. The Morgan fingerprint density at radius 2 is 1.56 bits per heavy atom. The molecule has 0 spiro atoms. The third kappa shape index (κ3) is 13.0. The molecule has 0 aromatic heterocycles. The third-order valence-corrected chi connectivity index (χ3v) is 2.74. The molecular weight excluding hydrogens is 257 g/mol. The summed E-state index contributed by atoms with van der Waals surface area (Å²) in [6.07, 6.45) is 8.45. The van der Waals surface area contributed by atoms with Crippen molar-refractivity contribution in [2.24, 2.45) is 0 Å². The topological polar surface area (TPSA) is 69.2 Å². The summed E-state index contributed by atoms with van der Waals surface area (Å²) in [7, 11) is 0. The van der Waals surface area contributed by atoms with Gasteiger partial charge in [0.2, 0.25) is 5.91 Å². The average Bonchev–Trinajstić information content (AvgIpc) is 2.27. The van der Waals surface area contributed by atoms with Crippen molar-refractivity contribution in [2.75, 3.05) is 0 Å². The molecule has 1 amide bonds. The van der Waals surface area contributed by atoms with E-state index in [0.717, 1.165) is 19.3 Å². The first-order valence-corrected chi connectivity index (χ1v) is 6.58. The Morgan fingerprint density at radius 1 is 1.06 bits per heavy atom. The number of carbonyl (C=O) groups excluding carboxylic acids is 2. The minimum Gasteiger partial charge on any atom is -0.548 e. The van der Waals surface area contributed by atoms with Gasteiger partial charge in [0.05, 0.1) is 12.0 Å². The van der Waals surface area contributed by atoms with Crippen LogP contribution < -0.4 is 61.8 Å². The summed E-state index contributed by atoms with van der Waals surface area (Å²) in [5.41, 5.74) is 0. The van der Waals surface area contributed by atoms with Crippen LogP contribution in [0.3, 0.4) is 0 Å². The monoisotopic (exact) mass is 281 g/mol. The summed E-state index contributed by atoms with van der Waals surface area (Å²) in [4.78, 5) is 21.7. The van der Waals surface area contributed by atoms with Crippen LogP contribution in [0.5, 0.6) is 0 Å². The number of nitrogens with one attached hydrogen (secondary N) is 1. The zero-order chi connectivity index (χ0) is 13.1. The van der Waals surface area contributed by atoms with Crippen LogP contribution in [-0.4, -0.2) is 17.9 Å². The Bertz CT molecular complexity index is 234. The van der Waals surface area contributed by atoms with Gasteiger partial charge in [-0.05, 0) is 13.3 Å². The number of hydrogen-bond acceptors (Lipinski definition) is 3. The quantitative estimate of drug-likeness (QED) is 0.387. The van der Waals surface area contributed by atoms with E-state index in [1.54, 1.807) is 0 Å². The molecule has 0 aromatic rings. The SMILES string of the molecule is CCCCCCCCCC(=O)N[C@@H](C)C(=O)[O-].[K+]. The minimum atomic E-state index is -1.24. The molecule has 0 radical (unpaired) electrons. The van der Waals surface area contributed by atoms with Crippen LogP contribution in [0.1, 0.15) is 65.2 Å². The van der Waals surface area contributed by atoms with Gasteiger partial charge >= 0.3 is 51.4 Å². The maximum Gasteiger partial charge on any atom is 1.00 e. The van der Waals surface area contributed by atoms with Crippen LogP contribution in [0.2, 0.25) is 0 Å². The zero-order valence-electron chi connectivity index (χ0n) is 12.0. The van der Waals surface area contributed by atoms with Crippen LogP contribution in [0.15, 0.2) is 0 Å². The van der Waals surface area contributed by atoms with Crippen molar-refractivity contribution in [3.8, 4) is 0 Å². The van der Waals surface area contributed by atoms with E-state index in [2.05, 4.69) is 12.2 Å². The molecule has 0 aliphatic carbocycles. The maximum absolute atomic E-state index is 11.3. The molecule has 1 atom stereocenters. The number of carboxylic acids is 1. The maximum atomic E-state index is 11.3. The Hall–Kier alpha value is 0.576. The minimum absolute atomic E-state index is 0. The molecule has 0 saturated carbocycles. The second kappa shape index (κ2) is 14.0. The number of carbonyl (C=O) groups is 2. The van der Waals surface area contributed by atoms with Crippen LogP contribution in [0, 0.1) is 0 Å². The first kappa shape index (κ1) is 20.9. The van der Waals surface area contributed by atoms with Gasteiger partial charge in [-0.2, -0.15) is 0 Å². The van der Waals surface area contributed by atoms with Crippen molar-refractivity contribution < 1.29 is 66.1 Å². The van der Waals surface area contributed by atoms with Gasteiger partial charge in [0.25, 0.3) is 0 Å². The molecule has 0 bridgehead atoms. The third-order valence-electron chi connectivity index (χ3n) is 2.74. The number of rotatable bonds is 10. The van der Waals surface area contributed by atoms with E-state index >= 15 is 0 Å². The van der Waals surface area contributed by atoms with Crippen molar-refractivity contribution in [3.63, 3.8) is 0 Å². The molecular formula is C13H24KNO3. The molecule has 0 rings (SSSR count). The summed E-state index contributed by atoms with van der Waals surface area (Å²) in [6.45, 7) is 3.60. The standard InChI is InChI=1S/C13H25NO3.K/c1-3-4-5-6-7-8-9-10-12(15)14-11(2)13(16)17;/h11H,3-10H2,1-2H3,(H,14,15)(H,16,17);/q;+1/p-1/t11-;/m0./s1. The molecule has 0 heterocycles. The molecule has 0 aliphatic heterocycles. The molecule has 4 nitrogen and oxygen atoms in total. The second-order valence-corrected chi connectivity index (χ2v) is 4.48. The van der Waals surface area contributed by atoms with Gasteiger partial charge in [-0.3, -0.25) is 4.79 Å². The molecule has 0 aliphatic rings. The molecule has 0 saturated heterocycles. The number of aliphatic carboxylic acids is 1. The molecule has 0 unspecified atom stereocenters. The molecule has 18 heavy (non-hydrogen) atoms. The van der Waals surface area contributed by atoms with E-state index in [9.17, 15) is 14.7 Å². The summed E-state index contributed by atoms with van der Waals surface area (Å²) in [5.74, 6) is -1.44. The Balaban J connectivity index is 0. The molecule has 100 valence electrons. The summed E-state index contributed by atoms with van der Waals surface area (Å²) in [5, 5.41) is 12.8. The summed E-state index contributed by atoms with van der Waals surface area (Å²) in [6, 6.07) is -0.896. The van der Waals surface area contributed by atoms with Gasteiger partial charge in [0.1, 0.15) is 0 Å². The van der Waals surface area contributed by atoms with Gasteiger partial charge < -0.3 is 15.2 Å². The number of hydrogen-bond donors (Lipinski definition) is 1. The van der Waals surface area contributed by atoms with Gasteiger partial charge in [0, 0.05) is 6.42 Å². The van der Waals surface area contributed by atoms with E-state index in [4.69, 9.17) is 0 Å². The van der Waals surface area contributed by atoms with E-state index < -0.39 is 12.0 Å². The first-order chi connectivity index (χ1) is 8.07. The van der Waals surface area contributed by atoms with Crippen LogP contribution in [0.25, 0.3) is 0 Å². The van der Waals surface area contributed by atoms with Gasteiger partial charge in [-0.25, -0.2) is 0 Å². The fraction of sp³-hybridized carbons (Fsp3) is 0.846. The van der Waals surface area contributed by atoms with E-state index in [-0.39, 0.29) is 57.3 Å². The predicted octanol–water partition coefficient (Wildman–Crippen LogP) is -1.61. The molecule has 1 N–H and O–H groups in total. The summed E-state index contributed by atoms with van der Waals surface area (Å²) < 4.78 is 0. The van der Waals surface area contributed by atoms with Gasteiger partial charge in [-0.15, -0.1) is 0 Å². The van der Waals surface area contributed by atoms with Gasteiger partial charge in [0.15, 0.2) is 0 Å². The number of unbranched alkanes of at least 4 members (excludes halogenated alkanes) is 6. The fourth-order valence-corrected chi connectivity index (χ4v) is 1.62. The molecule has 0 aromatic carbocycles. The fourth-order valence-electron chi connectivity index (χ4n) is 1.62. The molecule has 0 fully saturated rings. The van der Waals surface area contributed by atoms with E-state index in [1.807, 2.05) is 0 Å². The van der Waals surface area contributed by atoms with E-state index in [1.165, 1.54) is 32.6 Å². The van der Waals surface area contributed by atoms with Crippen molar-refractivity contribution in [2.45, 2.75) is 71.3 Å². The zero-order valence-corrected chi connectivity index (χ0v) is 15.1. The van der Waals surface area contributed by atoms with Gasteiger partial charge in [-0.1, -0.05) is 45.4 Å². The van der Waals surface area contributed by atoms with Crippen molar-refractivity contribution >= 4 is 11.9 Å². The number of carboxylic acid groups (broad SMARTS) is 1. The second-order valence-electron chi connectivity index (χ2n) is 4.48. The Kier molecular flexibility index (Phi) is 16.2. The van der Waals surface area contributed by atoms with Crippen molar-refractivity contribution in [1.29, 1.82) is 0 Å². The number of amides is 1. The molecule has 5 heteroatoms. The first-order valence-electron chi connectivity index (χ1n) is 6.58. The summed E-state index contributed by atoms with van der Waals surface area (Å²) >= 11 is 0.